The number of rotatable bonds is 8. The number of aryl methyl sites for hydroxylation is 1. The highest BCUT2D eigenvalue weighted by molar-refractivity contribution is 9.11. The molecule has 1 saturated carbocycles. The van der Waals surface area contributed by atoms with Gasteiger partial charge in [-0.15, -0.1) is 11.3 Å². The lowest BCUT2D eigenvalue weighted by atomic mass is 9.78. The lowest BCUT2D eigenvalue weighted by Crippen LogP contribution is -2.27. The molecule has 1 aromatic heterocycles. The first-order valence-electron chi connectivity index (χ1n) is 8.15. The molecule has 1 aliphatic carbocycles. The fraction of sp³-hybridized carbons (Fsp3) is 0.765. The average Bonchev–Trinajstić information content (AvgIpc) is 3.01. The molecule has 0 amide bonds. The van der Waals surface area contributed by atoms with Gasteiger partial charge in [0, 0.05) is 4.88 Å². The molecule has 21 heavy (non-hydrogen) atoms. The molecule has 4 heteroatoms. The van der Waals surface area contributed by atoms with E-state index < -0.39 is 0 Å². The van der Waals surface area contributed by atoms with Crippen molar-refractivity contribution in [3.05, 3.63) is 19.8 Å². The number of halogens is 2. The molecule has 0 atom stereocenters. The van der Waals surface area contributed by atoms with Gasteiger partial charge in [-0.25, -0.2) is 0 Å². The quantitative estimate of drug-likeness (QED) is 0.512. The second-order valence-corrected chi connectivity index (χ2v) is 9.75. The van der Waals surface area contributed by atoms with E-state index in [9.17, 15) is 0 Å². The van der Waals surface area contributed by atoms with E-state index in [2.05, 4.69) is 41.2 Å². The Morgan fingerprint density at radius 3 is 2.62 bits per heavy atom. The van der Waals surface area contributed by atoms with Gasteiger partial charge in [0.25, 0.3) is 0 Å². The molecule has 1 N–H and O–H groups in total. The molecular weight excluding hydrogens is 366 g/mol. The lowest BCUT2D eigenvalue weighted by Gasteiger charge is -2.29. The molecular formula is C17H27BrClNS. The van der Waals surface area contributed by atoms with Gasteiger partial charge in [-0.3, -0.25) is 0 Å². The monoisotopic (exact) mass is 391 g/mol. The van der Waals surface area contributed by atoms with Crippen LogP contribution in [0.1, 0.15) is 57.2 Å². The summed E-state index contributed by atoms with van der Waals surface area (Å²) < 4.78 is 1.08. The van der Waals surface area contributed by atoms with E-state index in [1.54, 1.807) is 11.3 Å². The van der Waals surface area contributed by atoms with Gasteiger partial charge in [0.15, 0.2) is 0 Å². The Bertz CT molecular complexity index is 418. The van der Waals surface area contributed by atoms with Crippen LogP contribution < -0.4 is 5.32 Å². The minimum Gasteiger partial charge on any atom is -0.316 e. The second-order valence-electron chi connectivity index (χ2n) is 6.89. The Morgan fingerprint density at radius 2 is 2.05 bits per heavy atom. The van der Waals surface area contributed by atoms with Crippen LogP contribution in [0.4, 0.5) is 0 Å². The molecule has 1 aliphatic rings. The summed E-state index contributed by atoms with van der Waals surface area (Å²) in [6, 6.07) is 2.13. The maximum absolute atomic E-state index is 6.15. The molecule has 1 nitrogen and oxygen atoms in total. The van der Waals surface area contributed by atoms with E-state index in [-0.39, 0.29) is 0 Å². The van der Waals surface area contributed by atoms with E-state index in [4.69, 9.17) is 11.6 Å². The van der Waals surface area contributed by atoms with Crippen molar-refractivity contribution in [2.24, 2.45) is 11.3 Å². The maximum atomic E-state index is 6.15. The van der Waals surface area contributed by atoms with Gasteiger partial charge in [-0.1, -0.05) is 38.3 Å². The first-order chi connectivity index (χ1) is 10.0. The fourth-order valence-corrected chi connectivity index (χ4v) is 5.22. The summed E-state index contributed by atoms with van der Waals surface area (Å²) in [4.78, 5) is 1.42. The predicted molar refractivity (Wildman–Crippen MR) is 98.6 cm³/mol. The topological polar surface area (TPSA) is 12.0 Å². The largest absolute Gasteiger partial charge is 0.316 e. The van der Waals surface area contributed by atoms with E-state index in [0.717, 1.165) is 21.3 Å². The summed E-state index contributed by atoms with van der Waals surface area (Å²) >= 11 is 11.5. The molecule has 1 aromatic rings. The second kappa shape index (κ2) is 8.33. The summed E-state index contributed by atoms with van der Waals surface area (Å²) in [5.41, 5.74) is 0.576. The van der Waals surface area contributed by atoms with E-state index >= 15 is 0 Å². The number of thiophene rings is 1. The van der Waals surface area contributed by atoms with Crippen LogP contribution >= 0.6 is 38.9 Å². The third-order valence-electron chi connectivity index (χ3n) is 4.65. The van der Waals surface area contributed by atoms with Crippen LogP contribution in [0, 0.1) is 11.3 Å². The van der Waals surface area contributed by atoms with E-state index in [0.29, 0.717) is 5.41 Å². The third-order valence-corrected chi connectivity index (χ3v) is 7.18. The van der Waals surface area contributed by atoms with Crippen LogP contribution in [0.3, 0.4) is 0 Å². The summed E-state index contributed by atoms with van der Waals surface area (Å²) in [5, 5.41) is 4.49. The van der Waals surface area contributed by atoms with Crippen molar-refractivity contribution < 1.29 is 0 Å². The zero-order valence-corrected chi connectivity index (χ0v) is 16.3. The van der Waals surface area contributed by atoms with Crippen molar-refractivity contribution in [3.8, 4) is 0 Å². The van der Waals surface area contributed by atoms with Crippen LogP contribution in [0.25, 0.3) is 0 Å². The van der Waals surface area contributed by atoms with Gasteiger partial charge < -0.3 is 5.32 Å². The molecule has 120 valence electrons. The number of hydrogen-bond donors (Lipinski definition) is 1. The van der Waals surface area contributed by atoms with Crippen molar-refractivity contribution in [3.63, 3.8) is 0 Å². The highest BCUT2D eigenvalue weighted by Crippen LogP contribution is 2.45. The molecule has 0 aromatic carbocycles. The Balaban J connectivity index is 1.83. The molecule has 0 aliphatic heterocycles. The van der Waals surface area contributed by atoms with Crippen molar-refractivity contribution >= 4 is 38.9 Å². The summed E-state index contributed by atoms with van der Waals surface area (Å²) in [7, 11) is 0. The third kappa shape index (κ3) is 5.53. The molecule has 0 bridgehead atoms. The van der Waals surface area contributed by atoms with Crippen molar-refractivity contribution in [1.82, 2.24) is 5.32 Å². The zero-order chi connectivity index (χ0) is 15.3. The minimum absolute atomic E-state index is 0.576. The van der Waals surface area contributed by atoms with Crippen molar-refractivity contribution in [2.75, 3.05) is 13.1 Å². The maximum Gasteiger partial charge on any atom is 0.0887 e. The minimum atomic E-state index is 0.576. The lowest BCUT2D eigenvalue weighted by molar-refractivity contribution is 0.244. The van der Waals surface area contributed by atoms with E-state index in [1.165, 1.54) is 56.4 Å². The highest BCUT2D eigenvalue weighted by atomic mass is 79.9. The van der Waals surface area contributed by atoms with Crippen LogP contribution in [-0.4, -0.2) is 13.1 Å². The Hall–Kier alpha value is 0.430. The molecule has 0 unspecified atom stereocenters. The molecule has 0 spiro atoms. The summed E-state index contributed by atoms with van der Waals surface area (Å²) in [5.74, 6) is 0.745. The molecule has 1 heterocycles. The van der Waals surface area contributed by atoms with Crippen molar-refractivity contribution in [1.29, 1.82) is 0 Å². The fourth-order valence-electron chi connectivity index (χ4n) is 3.40. The Morgan fingerprint density at radius 1 is 1.33 bits per heavy atom. The first-order valence-corrected chi connectivity index (χ1v) is 10.1. The summed E-state index contributed by atoms with van der Waals surface area (Å²) in [6.07, 6.45) is 9.49. The summed E-state index contributed by atoms with van der Waals surface area (Å²) in [6.45, 7) is 6.87. The van der Waals surface area contributed by atoms with Crippen LogP contribution in [0.2, 0.25) is 5.02 Å². The van der Waals surface area contributed by atoms with Gasteiger partial charge in [0.05, 0.1) is 8.81 Å². The smallest absolute Gasteiger partial charge is 0.0887 e. The molecule has 2 rings (SSSR count). The Labute approximate surface area is 147 Å². The van der Waals surface area contributed by atoms with Crippen LogP contribution in [0.5, 0.6) is 0 Å². The van der Waals surface area contributed by atoms with Gasteiger partial charge in [0.1, 0.15) is 0 Å². The van der Waals surface area contributed by atoms with E-state index in [1.807, 2.05) is 0 Å². The molecule has 1 fully saturated rings. The zero-order valence-electron chi connectivity index (χ0n) is 13.2. The molecule has 0 radical (unpaired) electrons. The Kier molecular flexibility index (Phi) is 7.05. The van der Waals surface area contributed by atoms with Crippen molar-refractivity contribution in [2.45, 2.75) is 58.8 Å². The van der Waals surface area contributed by atoms with Crippen LogP contribution in [-0.2, 0) is 6.42 Å². The van der Waals surface area contributed by atoms with Gasteiger partial charge in [0.2, 0.25) is 0 Å². The SMILES string of the molecule is CC(C)CNCCC1(CCc2cc(Cl)c(Br)s2)CCCC1. The van der Waals surface area contributed by atoms with Gasteiger partial charge >= 0.3 is 0 Å². The van der Waals surface area contributed by atoms with Crippen LogP contribution in [0.15, 0.2) is 9.85 Å². The number of hydrogen-bond acceptors (Lipinski definition) is 2. The predicted octanol–water partition coefficient (Wildman–Crippen LogP) is 6.29. The van der Waals surface area contributed by atoms with Gasteiger partial charge in [-0.05, 0) is 78.5 Å². The number of nitrogens with one attached hydrogen (secondary N) is 1. The molecule has 0 saturated heterocycles. The standard InChI is InChI=1S/C17H27BrClNS/c1-13(2)12-20-10-9-17(6-3-4-7-17)8-5-14-11-15(19)16(18)21-14/h11,13,20H,3-10,12H2,1-2H3. The normalized spacial score (nSPS) is 17.8. The first kappa shape index (κ1) is 17.8. The van der Waals surface area contributed by atoms with Gasteiger partial charge in [-0.2, -0.15) is 0 Å². The highest BCUT2D eigenvalue weighted by Gasteiger charge is 2.32. The average molecular weight is 393 g/mol.